The molecule has 1 aromatic carbocycles. The van der Waals surface area contributed by atoms with Crippen molar-refractivity contribution in [1.29, 1.82) is 0 Å². The van der Waals surface area contributed by atoms with E-state index in [4.69, 9.17) is 0 Å². The van der Waals surface area contributed by atoms with Gasteiger partial charge >= 0.3 is 5.97 Å². The quantitative estimate of drug-likeness (QED) is 0.906. The lowest BCUT2D eigenvalue weighted by atomic mass is 9.73. The van der Waals surface area contributed by atoms with Crippen LogP contribution in [0.1, 0.15) is 38.7 Å². The van der Waals surface area contributed by atoms with Gasteiger partial charge < -0.3 is 5.11 Å². The second-order valence-electron chi connectivity index (χ2n) is 4.35. The highest BCUT2D eigenvalue weighted by Crippen LogP contribution is 2.38. The minimum Gasteiger partial charge on any atom is -0.481 e. The maximum atomic E-state index is 11.3. The van der Waals surface area contributed by atoms with Gasteiger partial charge in [0.2, 0.25) is 0 Å². The van der Waals surface area contributed by atoms with Crippen molar-refractivity contribution in [2.24, 2.45) is 5.41 Å². The molecule has 2 atom stereocenters. The summed E-state index contributed by atoms with van der Waals surface area (Å²) in [6, 6.07) is 7.85. The molecular formula is C13H17BrO2. The van der Waals surface area contributed by atoms with Gasteiger partial charge in [-0.3, -0.25) is 4.79 Å². The molecular weight excluding hydrogens is 268 g/mol. The smallest absolute Gasteiger partial charge is 0.309 e. The van der Waals surface area contributed by atoms with Crippen molar-refractivity contribution in [3.63, 3.8) is 0 Å². The highest BCUT2D eigenvalue weighted by molar-refractivity contribution is 9.10. The molecule has 2 unspecified atom stereocenters. The van der Waals surface area contributed by atoms with E-state index in [9.17, 15) is 9.90 Å². The number of hydrogen-bond donors (Lipinski definition) is 1. The summed E-state index contributed by atoms with van der Waals surface area (Å²) in [5.74, 6) is -0.728. The van der Waals surface area contributed by atoms with E-state index in [2.05, 4.69) is 15.9 Å². The summed E-state index contributed by atoms with van der Waals surface area (Å²) >= 11 is 3.37. The van der Waals surface area contributed by atoms with E-state index < -0.39 is 11.4 Å². The highest BCUT2D eigenvalue weighted by Gasteiger charge is 2.37. The van der Waals surface area contributed by atoms with Crippen LogP contribution in [0.4, 0.5) is 0 Å². The van der Waals surface area contributed by atoms with Crippen LogP contribution in [-0.4, -0.2) is 11.1 Å². The Bertz CT molecular complexity index is 372. The SMILES string of the molecule is CCC(C)(C(=O)O)C(C)c1ccc(Br)cc1. The van der Waals surface area contributed by atoms with E-state index in [-0.39, 0.29) is 5.92 Å². The average Bonchev–Trinajstić information content (AvgIpc) is 2.27. The van der Waals surface area contributed by atoms with E-state index in [1.807, 2.05) is 45.0 Å². The summed E-state index contributed by atoms with van der Waals surface area (Å²) < 4.78 is 1.01. The largest absolute Gasteiger partial charge is 0.481 e. The van der Waals surface area contributed by atoms with Crippen LogP contribution in [0.25, 0.3) is 0 Å². The molecule has 1 N–H and O–H groups in total. The van der Waals surface area contributed by atoms with Crippen molar-refractivity contribution in [2.75, 3.05) is 0 Å². The lowest BCUT2D eigenvalue weighted by Gasteiger charge is -2.30. The molecule has 88 valence electrons. The second-order valence-corrected chi connectivity index (χ2v) is 5.27. The van der Waals surface area contributed by atoms with Crippen LogP contribution in [0, 0.1) is 5.41 Å². The van der Waals surface area contributed by atoms with Crippen molar-refractivity contribution in [2.45, 2.75) is 33.1 Å². The summed E-state index contributed by atoms with van der Waals surface area (Å²) in [4.78, 5) is 11.3. The Morgan fingerprint density at radius 2 is 1.94 bits per heavy atom. The predicted molar refractivity (Wildman–Crippen MR) is 68.6 cm³/mol. The van der Waals surface area contributed by atoms with Gasteiger partial charge in [-0.25, -0.2) is 0 Å². The molecule has 0 fully saturated rings. The molecule has 0 heterocycles. The third-order valence-electron chi connectivity index (χ3n) is 3.55. The molecule has 0 aliphatic heterocycles. The van der Waals surface area contributed by atoms with Crippen LogP contribution in [0.2, 0.25) is 0 Å². The van der Waals surface area contributed by atoms with E-state index in [0.29, 0.717) is 6.42 Å². The predicted octanol–water partition coefficient (Wildman–Crippen LogP) is 4.05. The molecule has 0 aliphatic carbocycles. The van der Waals surface area contributed by atoms with Gasteiger partial charge in [0.15, 0.2) is 0 Å². The Labute approximate surface area is 105 Å². The van der Waals surface area contributed by atoms with Gasteiger partial charge in [0.05, 0.1) is 5.41 Å². The second kappa shape index (κ2) is 5.00. The molecule has 0 radical (unpaired) electrons. The normalized spacial score (nSPS) is 16.5. The number of hydrogen-bond acceptors (Lipinski definition) is 1. The maximum Gasteiger partial charge on any atom is 0.309 e. The van der Waals surface area contributed by atoms with Gasteiger partial charge in [0.25, 0.3) is 0 Å². The van der Waals surface area contributed by atoms with E-state index >= 15 is 0 Å². The lowest BCUT2D eigenvalue weighted by molar-refractivity contribution is -0.149. The number of carboxylic acid groups (broad SMARTS) is 1. The van der Waals surface area contributed by atoms with E-state index in [1.54, 1.807) is 0 Å². The molecule has 0 bridgehead atoms. The molecule has 0 aromatic heterocycles. The number of rotatable bonds is 4. The Morgan fingerprint density at radius 3 is 2.31 bits per heavy atom. The fourth-order valence-electron chi connectivity index (χ4n) is 1.76. The molecule has 0 spiro atoms. The highest BCUT2D eigenvalue weighted by atomic mass is 79.9. The third-order valence-corrected chi connectivity index (χ3v) is 4.08. The standard InChI is InChI=1S/C13H17BrO2/c1-4-13(3,12(15)16)9(2)10-5-7-11(14)8-6-10/h5-9H,4H2,1-3H3,(H,15,16). The summed E-state index contributed by atoms with van der Waals surface area (Å²) in [7, 11) is 0. The van der Waals surface area contributed by atoms with Crippen molar-refractivity contribution in [3.8, 4) is 0 Å². The first-order valence-electron chi connectivity index (χ1n) is 5.40. The van der Waals surface area contributed by atoms with Crippen LogP contribution in [0.5, 0.6) is 0 Å². The minimum atomic E-state index is -0.731. The van der Waals surface area contributed by atoms with Crippen LogP contribution in [0.15, 0.2) is 28.7 Å². The molecule has 0 amide bonds. The van der Waals surface area contributed by atoms with Crippen molar-refractivity contribution >= 4 is 21.9 Å². The summed E-state index contributed by atoms with van der Waals surface area (Å²) in [6.07, 6.45) is 0.625. The zero-order chi connectivity index (χ0) is 12.3. The zero-order valence-electron chi connectivity index (χ0n) is 9.83. The topological polar surface area (TPSA) is 37.3 Å². The molecule has 0 saturated carbocycles. The monoisotopic (exact) mass is 284 g/mol. The molecule has 2 nitrogen and oxygen atoms in total. The lowest BCUT2D eigenvalue weighted by Crippen LogP contribution is -2.32. The minimum absolute atomic E-state index is 0.00287. The number of carbonyl (C=O) groups is 1. The Kier molecular flexibility index (Phi) is 4.14. The van der Waals surface area contributed by atoms with Gasteiger partial charge in [-0.15, -0.1) is 0 Å². The molecule has 1 aromatic rings. The zero-order valence-corrected chi connectivity index (χ0v) is 11.4. The molecule has 0 aliphatic rings. The maximum absolute atomic E-state index is 11.3. The van der Waals surface area contributed by atoms with Gasteiger partial charge in [-0.2, -0.15) is 0 Å². The van der Waals surface area contributed by atoms with Crippen molar-refractivity contribution in [3.05, 3.63) is 34.3 Å². The van der Waals surface area contributed by atoms with Gasteiger partial charge in [-0.05, 0) is 37.0 Å². The summed E-state index contributed by atoms with van der Waals surface area (Å²) in [6.45, 7) is 5.70. The third kappa shape index (κ3) is 2.46. The Hall–Kier alpha value is -0.830. The fourth-order valence-corrected chi connectivity index (χ4v) is 2.03. The van der Waals surface area contributed by atoms with Crippen LogP contribution < -0.4 is 0 Å². The van der Waals surface area contributed by atoms with Gasteiger partial charge in [0, 0.05) is 4.47 Å². The Morgan fingerprint density at radius 1 is 1.44 bits per heavy atom. The number of halogens is 1. The molecule has 1 rings (SSSR count). The van der Waals surface area contributed by atoms with E-state index in [0.717, 1.165) is 10.0 Å². The average molecular weight is 285 g/mol. The molecule has 3 heteroatoms. The first-order valence-corrected chi connectivity index (χ1v) is 6.20. The number of carboxylic acids is 1. The van der Waals surface area contributed by atoms with Crippen LogP contribution >= 0.6 is 15.9 Å². The first-order chi connectivity index (χ1) is 7.41. The number of benzene rings is 1. The van der Waals surface area contributed by atoms with E-state index in [1.165, 1.54) is 0 Å². The molecule has 0 saturated heterocycles. The first kappa shape index (κ1) is 13.2. The van der Waals surface area contributed by atoms with Crippen molar-refractivity contribution in [1.82, 2.24) is 0 Å². The summed E-state index contributed by atoms with van der Waals surface area (Å²) in [5.41, 5.74) is 0.364. The number of aliphatic carboxylic acids is 1. The Balaban J connectivity index is 3.04. The van der Waals surface area contributed by atoms with Gasteiger partial charge in [-0.1, -0.05) is 41.9 Å². The van der Waals surface area contributed by atoms with Gasteiger partial charge in [0.1, 0.15) is 0 Å². The van der Waals surface area contributed by atoms with Crippen molar-refractivity contribution < 1.29 is 9.90 Å². The summed E-state index contributed by atoms with van der Waals surface area (Å²) in [5, 5.41) is 9.31. The molecule has 16 heavy (non-hydrogen) atoms. The fraction of sp³-hybridized carbons (Fsp3) is 0.462. The van der Waals surface area contributed by atoms with Crippen LogP contribution in [-0.2, 0) is 4.79 Å². The van der Waals surface area contributed by atoms with Crippen LogP contribution in [0.3, 0.4) is 0 Å².